The minimum Gasteiger partial charge on any atom is -0.507 e. The number of aliphatic hydroxyl groups excluding tert-OH is 2. The van der Waals surface area contributed by atoms with Gasteiger partial charge in [-0.1, -0.05) is 99.1 Å². The minimum absolute atomic E-state index is 0.197. The van der Waals surface area contributed by atoms with Gasteiger partial charge in [-0.3, -0.25) is 0 Å². The molecule has 0 aliphatic rings. The van der Waals surface area contributed by atoms with Crippen LogP contribution >= 0.6 is 0 Å². The average Bonchev–Trinajstić information content (AvgIpc) is 2.62. The van der Waals surface area contributed by atoms with E-state index >= 15 is 0 Å². The maximum Gasteiger partial charge on any atom is 0.123 e. The quantitative estimate of drug-likeness (QED) is 0.328. The summed E-state index contributed by atoms with van der Waals surface area (Å²) in [5, 5.41) is 32.7. The molecule has 1 aromatic rings. The molecule has 0 amide bonds. The molecule has 3 heteroatoms. The van der Waals surface area contributed by atoms with Gasteiger partial charge in [-0.15, -0.1) is 0 Å². The summed E-state index contributed by atoms with van der Waals surface area (Å²) in [6.07, 6.45) is 7.29. The summed E-state index contributed by atoms with van der Waals surface area (Å²) < 4.78 is 0. The van der Waals surface area contributed by atoms with Crippen molar-refractivity contribution in [3.05, 3.63) is 28.8 Å². The molecule has 1 aromatic carbocycles. The molecule has 1 rings (SSSR count). The molecule has 0 bridgehead atoms. The third-order valence-electron chi connectivity index (χ3n) is 6.98. The Morgan fingerprint density at radius 1 is 0.742 bits per heavy atom. The van der Waals surface area contributed by atoms with Crippen LogP contribution in [-0.4, -0.2) is 27.5 Å². The first-order valence-electron chi connectivity index (χ1n) is 12.4. The fourth-order valence-electron chi connectivity index (χ4n) is 4.70. The van der Waals surface area contributed by atoms with Gasteiger partial charge in [-0.2, -0.15) is 0 Å². The largest absolute Gasteiger partial charge is 0.507 e. The van der Waals surface area contributed by atoms with Crippen molar-refractivity contribution in [1.29, 1.82) is 0 Å². The van der Waals surface area contributed by atoms with Gasteiger partial charge in [0.1, 0.15) is 5.75 Å². The first-order valence-corrected chi connectivity index (χ1v) is 12.4. The predicted molar refractivity (Wildman–Crippen MR) is 133 cm³/mol. The molecule has 3 N–H and O–H groups in total. The Morgan fingerprint density at radius 2 is 1.16 bits per heavy atom. The number of phenolic OH excluding ortho intramolecular Hbond substituents is 1. The lowest BCUT2D eigenvalue weighted by Crippen LogP contribution is -2.44. The van der Waals surface area contributed by atoms with Crippen molar-refractivity contribution in [2.24, 2.45) is 5.41 Å². The number of hydrogen-bond acceptors (Lipinski definition) is 3. The fraction of sp³-hybridized carbons (Fsp3) is 0.786. The zero-order chi connectivity index (χ0) is 24.0. The molecule has 2 atom stereocenters. The third-order valence-corrected chi connectivity index (χ3v) is 6.98. The van der Waals surface area contributed by atoms with Crippen molar-refractivity contribution < 1.29 is 15.3 Å². The van der Waals surface area contributed by atoms with E-state index in [-0.39, 0.29) is 10.8 Å². The van der Waals surface area contributed by atoms with Gasteiger partial charge in [-0.05, 0) is 54.2 Å². The van der Waals surface area contributed by atoms with Crippen LogP contribution in [0, 0.1) is 5.41 Å². The summed E-state index contributed by atoms with van der Waals surface area (Å²) in [5.41, 5.74) is 1.96. The van der Waals surface area contributed by atoms with Gasteiger partial charge in [-0.25, -0.2) is 0 Å². The van der Waals surface area contributed by atoms with Crippen LogP contribution in [0.3, 0.4) is 0 Å². The highest BCUT2D eigenvalue weighted by Crippen LogP contribution is 2.43. The standard InChI is InChI=1S/C28H50O3/c1-10-11-12-13-14-15-16-28(20(2)29,21(3)30)19-22-17-23(26(4,5)6)25(31)24(18-22)27(7,8)9/h17-18,20-21,29-31H,10-16,19H2,1-9H3. The molecule has 0 aliphatic heterocycles. The number of rotatable bonds is 11. The van der Waals surface area contributed by atoms with Gasteiger partial charge in [0.05, 0.1) is 12.2 Å². The number of aromatic hydroxyl groups is 1. The highest BCUT2D eigenvalue weighted by atomic mass is 16.3. The second kappa shape index (κ2) is 11.2. The molecule has 0 aliphatic carbocycles. The summed E-state index contributed by atoms with van der Waals surface area (Å²) in [7, 11) is 0. The molecule has 0 spiro atoms. The molecule has 0 saturated carbocycles. The van der Waals surface area contributed by atoms with E-state index in [1.807, 2.05) is 13.8 Å². The lowest BCUT2D eigenvalue weighted by Gasteiger charge is -2.40. The first-order chi connectivity index (χ1) is 14.2. The smallest absolute Gasteiger partial charge is 0.123 e. The molecular formula is C28H50O3. The van der Waals surface area contributed by atoms with Crippen molar-refractivity contribution in [3.63, 3.8) is 0 Å². The van der Waals surface area contributed by atoms with Crippen LogP contribution in [0.5, 0.6) is 5.75 Å². The molecule has 0 saturated heterocycles. The van der Waals surface area contributed by atoms with Crippen molar-refractivity contribution >= 4 is 0 Å². The van der Waals surface area contributed by atoms with E-state index in [0.717, 1.165) is 36.0 Å². The molecule has 0 heterocycles. The van der Waals surface area contributed by atoms with E-state index in [1.54, 1.807) is 0 Å². The number of phenols is 1. The lowest BCUT2D eigenvalue weighted by molar-refractivity contribution is -0.0611. The summed E-state index contributed by atoms with van der Waals surface area (Å²) >= 11 is 0. The Labute approximate surface area is 192 Å². The van der Waals surface area contributed by atoms with E-state index < -0.39 is 17.6 Å². The van der Waals surface area contributed by atoms with Crippen LogP contribution < -0.4 is 0 Å². The number of hydrogen-bond donors (Lipinski definition) is 3. The molecule has 0 aromatic heterocycles. The fourth-order valence-corrected chi connectivity index (χ4v) is 4.70. The molecular weight excluding hydrogens is 384 g/mol. The number of aliphatic hydroxyl groups is 2. The lowest BCUT2D eigenvalue weighted by atomic mass is 9.68. The highest BCUT2D eigenvalue weighted by Gasteiger charge is 2.40. The van der Waals surface area contributed by atoms with Crippen LogP contribution in [0.1, 0.15) is 124 Å². The molecule has 180 valence electrons. The summed E-state index contributed by atoms with van der Waals surface area (Å²) in [5.74, 6) is 0.374. The van der Waals surface area contributed by atoms with E-state index in [4.69, 9.17) is 0 Å². The Kier molecular flexibility index (Phi) is 10.1. The molecule has 3 nitrogen and oxygen atoms in total. The third kappa shape index (κ3) is 7.49. The SMILES string of the molecule is CCCCCCCCC(Cc1cc(C(C)(C)C)c(O)c(C(C)(C)C)c1)(C(C)O)C(C)O. The Balaban J connectivity index is 3.32. The van der Waals surface area contributed by atoms with Crippen molar-refractivity contribution in [2.45, 2.75) is 137 Å². The second-order valence-electron chi connectivity index (χ2n) is 11.8. The van der Waals surface area contributed by atoms with Gasteiger partial charge >= 0.3 is 0 Å². The summed E-state index contributed by atoms with van der Waals surface area (Å²) in [6, 6.07) is 4.18. The van der Waals surface area contributed by atoms with Crippen LogP contribution in [0.2, 0.25) is 0 Å². The van der Waals surface area contributed by atoms with Crippen molar-refractivity contribution in [1.82, 2.24) is 0 Å². The van der Waals surface area contributed by atoms with Gasteiger partial charge in [0.2, 0.25) is 0 Å². The van der Waals surface area contributed by atoms with Crippen LogP contribution in [0.25, 0.3) is 0 Å². The second-order valence-corrected chi connectivity index (χ2v) is 11.8. The molecule has 31 heavy (non-hydrogen) atoms. The molecule has 0 radical (unpaired) electrons. The van der Waals surface area contributed by atoms with E-state index in [1.165, 1.54) is 25.7 Å². The van der Waals surface area contributed by atoms with Crippen molar-refractivity contribution in [2.75, 3.05) is 0 Å². The molecule has 0 fully saturated rings. The Hall–Kier alpha value is -1.06. The monoisotopic (exact) mass is 434 g/mol. The normalized spacial score (nSPS) is 16.7. The highest BCUT2D eigenvalue weighted by molar-refractivity contribution is 5.50. The summed E-state index contributed by atoms with van der Waals surface area (Å²) in [6.45, 7) is 18.6. The Bertz CT molecular complexity index is 631. The number of benzene rings is 1. The van der Waals surface area contributed by atoms with Gasteiger partial charge < -0.3 is 15.3 Å². The van der Waals surface area contributed by atoms with Crippen LogP contribution in [0.4, 0.5) is 0 Å². The van der Waals surface area contributed by atoms with E-state index in [0.29, 0.717) is 12.2 Å². The predicted octanol–water partition coefficient (Wildman–Crippen LogP) is 7.03. The first kappa shape index (κ1) is 28.0. The van der Waals surface area contributed by atoms with Gasteiger partial charge in [0.15, 0.2) is 0 Å². The summed E-state index contributed by atoms with van der Waals surface area (Å²) in [4.78, 5) is 0. The zero-order valence-corrected chi connectivity index (χ0v) is 21.8. The molecule has 2 unspecified atom stereocenters. The van der Waals surface area contributed by atoms with Crippen molar-refractivity contribution in [3.8, 4) is 5.75 Å². The maximum atomic E-state index is 11.0. The van der Waals surface area contributed by atoms with Gasteiger partial charge in [0.25, 0.3) is 0 Å². The van der Waals surface area contributed by atoms with E-state index in [9.17, 15) is 15.3 Å². The number of unbranched alkanes of at least 4 members (excludes halogenated alkanes) is 5. The average molecular weight is 435 g/mol. The topological polar surface area (TPSA) is 60.7 Å². The minimum atomic E-state index is -0.617. The van der Waals surface area contributed by atoms with E-state index in [2.05, 4.69) is 60.6 Å². The van der Waals surface area contributed by atoms with Crippen LogP contribution in [0.15, 0.2) is 12.1 Å². The van der Waals surface area contributed by atoms with Gasteiger partial charge in [0, 0.05) is 5.41 Å². The van der Waals surface area contributed by atoms with Crippen LogP contribution in [-0.2, 0) is 17.3 Å². The maximum absolute atomic E-state index is 11.0. The Morgan fingerprint density at radius 3 is 1.55 bits per heavy atom. The zero-order valence-electron chi connectivity index (χ0n) is 21.8.